The van der Waals surface area contributed by atoms with E-state index in [1.807, 2.05) is 6.08 Å². The van der Waals surface area contributed by atoms with Gasteiger partial charge in [-0.3, -0.25) is 0 Å². The second kappa shape index (κ2) is 5.17. The molecule has 0 aliphatic rings. The van der Waals surface area contributed by atoms with Gasteiger partial charge in [0.05, 0.1) is 0 Å². The fourth-order valence-corrected chi connectivity index (χ4v) is 0.919. The number of rotatable bonds is 4. The Morgan fingerprint density at radius 2 is 2.38 bits per heavy atom. The molecule has 8 heavy (non-hydrogen) atoms. The molecule has 0 spiro atoms. The Balaban J connectivity index is 3.20. The highest BCUT2D eigenvalue weighted by molar-refractivity contribution is 6.18. The van der Waals surface area contributed by atoms with E-state index < -0.39 is 0 Å². The van der Waals surface area contributed by atoms with Crippen LogP contribution >= 0.6 is 11.6 Å². The van der Waals surface area contributed by atoms with Crippen molar-refractivity contribution in [2.45, 2.75) is 19.8 Å². The van der Waals surface area contributed by atoms with E-state index in [4.69, 9.17) is 11.6 Å². The highest BCUT2D eigenvalue weighted by atomic mass is 35.5. The van der Waals surface area contributed by atoms with E-state index in [-0.39, 0.29) is 0 Å². The number of alkyl halides is 1. The lowest BCUT2D eigenvalue weighted by Crippen LogP contribution is -1.96. The van der Waals surface area contributed by atoms with Crippen LogP contribution in [0.2, 0.25) is 0 Å². The molecule has 0 radical (unpaired) electrons. The highest BCUT2D eigenvalue weighted by Gasteiger charge is 1.98. The van der Waals surface area contributed by atoms with E-state index in [0.29, 0.717) is 5.92 Å². The van der Waals surface area contributed by atoms with Crippen LogP contribution in [0.3, 0.4) is 0 Å². The zero-order chi connectivity index (χ0) is 6.41. The fourth-order valence-electron chi connectivity index (χ4n) is 0.574. The first kappa shape index (κ1) is 8.03. The average Bonchev–Trinajstić information content (AvgIpc) is 1.83. The molecule has 0 amide bonds. The van der Waals surface area contributed by atoms with Crippen LogP contribution in [0.5, 0.6) is 0 Å². The van der Waals surface area contributed by atoms with Gasteiger partial charge in [0.1, 0.15) is 0 Å². The van der Waals surface area contributed by atoms with Crippen LogP contribution in [0, 0.1) is 5.92 Å². The van der Waals surface area contributed by atoms with Gasteiger partial charge in [0.15, 0.2) is 0 Å². The maximum absolute atomic E-state index is 5.60. The lowest BCUT2D eigenvalue weighted by atomic mass is 10.1. The minimum absolute atomic E-state index is 0.647. The Morgan fingerprint density at radius 1 is 1.75 bits per heavy atom. The monoisotopic (exact) mass is 132 g/mol. The van der Waals surface area contributed by atoms with Crippen molar-refractivity contribution in [2.75, 3.05) is 5.88 Å². The molecule has 0 fully saturated rings. The van der Waals surface area contributed by atoms with Crippen molar-refractivity contribution >= 4 is 11.6 Å². The van der Waals surface area contributed by atoms with Crippen LogP contribution in [0.25, 0.3) is 0 Å². The van der Waals surface area contributed by atoms with Gasteiger partial charge in [-0.2, -0.15) is 0 Å². The van der Waals surface area contributed by atoms with Gasteiger partial charge in [0.2, 0.25) is 0 Å². The number of hydrogen-bond donors (Lipinski definition) is 0. The Kier molecular flexibility index (Phi) is 5.19. The van der Waals surface area contributed by atoms with E-state index in [1.165, 1.54) is 0 Å². The van der Waals surface area contributed by atoms with Crippen LogP contribution in [-0.4, -0.2) is 5.88 Å². The van der Waals surface area contributed by atoms with Gasteiger partial charge < -0.3 is 0 Å². The number of hydrogen-bond acceptors (Lipinski definition) is 0. The summed E-state index contributed by atoms with van der Waals surface area (Å²) < 4.78 is 0. The SMILES string of the molecule is C=CCC(CC)CCl. The molecule has 0 nitrogen and oxygen atoms in total. The first-order valence-corrected chi connectivity index (χ1v) is 3.55. The summed E-state index contributed by atoms with van der Waals surface area (Å²) in [7, 11) is 0. The zero-order valence-corrected chi connectivity index (χ0v) is 6.12. The lowest BCUT2D eigenvalue weighted by Gasteiger charge is -2.04. The molecule has 0 aliphatic carbocycles. The Morgan fingerprint density at radius 3 is 2.50 bits per heavy atom. The van der Waals surface area contributed by atoms with E-state index >= 15 is 0 Å². The molecule has 0 N–H and O–H groups in total. The molecule has 48 valence electrons. The number of halogens is 1. The second-order valence-corrected chi connectivity index (χ2v) is 2.26. The Bertz CT molecular complexity index is 55.4. The van der Waals surface area contributed by atoms with E-state index in [0.717, 1.165) is 18.7 Å². The van der Waals surface area contributed by atoms with Crippen molar-refractivity contribution in [1.82, 2.24) is 0 Å². The van der Waals surface area contributed by atoms with Crippen molar-refractivity contribution in [3.63, 3.8) is 0 Å². The molecular formula is C7H13Cl. The number of allylic oxidation sites excluding steroid dienone is 1. The molecule has 0 bridgehead atoms. The molecular weight excluding hydrogens is 120 g/mol. The maximum Gasteiger partial charge on any atom is 0.0254 e. The third-order valence-corrected chi connectivity index (χ3v) is 1.73. The molecule has 0 aromatic carbocycles. The molecule has 0 saturated heterocycles. The lowest BCUT2D eigenvalue weighted by molar-refractivity contribution is 0.579. The van der Waals surface area contributed by atoms with Crippen molar-refractivity contribution in [2.24, 2.45) is 5.92 Å². The minimum atomic E-state index is 0.647. The normalized spacial score (nSPS) is 13.2. The fraction of sp³-hybridized carbons (Fsp3) is 0.714. The third kappa shape index (κ3) is 3.09. The molecule has 1 atom stereocenters. The quantitative estimate of drug-likeness (QED) is 0.408. The predicted octanol–water partition coefficient (Wildman–Crippen LogP) is 2.83. The smallest absolute Gasteiger partial charge is 0.0254 e. The topological polar surface area (TPSA) is 0 Å². The van der Waals surface area contributed by atoms with E-state index in [1.54, 1.807) is 0 Å². The predicted molar refractivity (Wildman–Crippen MR) is 39.3 cm³/mol. The summed E-state index contributed by atoms with van der Waals surface area (Å²) in [5.41, 5.74) is 0. The van der Waals surface area contributed by atoms with Gasteiger partial charge in [0, 0.05) is 5.88 Å². The van der Waals surface area contributed by atoms with Gasteiger partial charge in [-0.25, -0.2) is 0 Å². The molecule has 0 heterocycles. The van der Waals surface area contributed by atoms with Gasteiger partial charge >= 0.3 is 0 Å². The minimum Gasteiger partial charge on any atom is -0.126 e. The molecule has 0 aliphatic heterocycles. The average molecular weight is 133 g/mol. The van der Waals surface area contributed by atoms with Gasteiger partial charge in [-0.15, -0.1) is 18.2 Å². The third-order valence-electron chi connectivity index (χ3n) is 1.30. The summed E-state index contributed by atoms with van der Waals surface area (Å²) in [5, 5.41) is 0. The summed E-state index contributed by atoms with van der Waals surface area (Å²) in [4.78, 5) is 0. The largest absolute Gasteiger partial charge is 0.126 e. The van der Waals surface area contributed by atoms with Gasteiger partial charge in [-0.1, -0.05) is 19.4 Å². The molecule has 0 rings (SSSR count). The summed E-state index contributed by atoms with van der Waals surface area (Å²) in [6, 6.07) is 0. The van der Waals surface area contributed by atoms with Gasteiger partial charge in [0.25, 0.3) is 0 Å². The standard InChI is InChI=1S/C7H13Cl/c1-3-5-7(4-2)6-8/h3,7H,1,4-6H2,2H3. The first-order valence-electron chi connectivity index (χ1n) is 3.02. The Labute approximate surface area is 56.5 Å². The molecule has 1 unspecified atom stereocenters. The van der Waals surface area contributed by atoms with Crippen LogP contribution in [0.4, 0.5) is 0 Å². The van der Waals surface area contributed by atoms with Crippen molar-refractivity contribution in [1.29, 1.82) is 0 Å². The summed E-state index contributed by atoms with van der Waals surface area (Å²) >= 11 is 5.60. The molecule has 0 saturated carbocycles. The Hall–Kier alpha value is 0.0300. The van der Waals surface area contributed by atoms with Crippen molar-refractivity contribution < 1.29 is 0 Å². The van der Waals surface area contributed by atoms with Crippen molar-refractivity contribution in [3.8, 4) is 0 Å². The maximum atomic E-state index is 5.60. The second-order valence-electron chi connectivity index (χ2n) is 1.95. The van der Waals surface area contributed by atoms with Crippen LogP contribution in [0.15, 0.2) is 12.7 Å². The molecule has 0 aromatic rings. The summed E-state index contributed by atoms with van der Waals surface area (Å²) in [5.74, 6) is 1.41. The molecule has 1 heteroatoms. The highest BCUT2D eigenvalue weighted by Crippen LogP contribution is 2.09. The van der Waals surface area contributed by atoms with Gasteiger partial charge in [-0.05, 0) is 12.3 Å². The zero-order valence-electron chi connectivity index (χ0n) is 5.36. The van der Waals surface area contributed by atoms with Crippen LogP contribution in [0.1, 0.15) is 19.8 Å². The van der Waals surface area contributed by atoms with Crippen LogP contribution < -0.4 is 0 Å². The van der Waals surface area contributed by atoms with E-state index in [9.17, 15) is 0 Å². The summed E-state index contributed by atoms with van der Waals surface area (Å²) in [6.07, 6.45) is 4.14. The molecule has 0 aromatic heterocycles. The van der Waals surface area contributed by atoms with E-state index in [2.05, 4.69) is 13.5 Å². The van der Waals surface area contributed by atoms with Crippen molar-refractivity contribution in [3.05, 3.63) is 12.7 Å². The first-order chi connectivity index (χ1) is 3.85. The summed E-state index contributed by atoms with van der Waals surface area (Å²) in [6.45, 7) is 5.79. The van der Waals surface area contributed by atoms with Crippen LogP contribution in [-0.2, 0) is 0 Å².